The minimum atomic E-state index is -0.254. The van der Waals surface area contributed by atoms with Crippen molar-refractivity contribution in [2.75, 3.05) is 6.61 Å². The molecule has 2 aromatic carbocycles. The Morgan fingerprint density at radius 3 is 1.75 bits per heavy atom. The molecule has 2 nitrogen and oxygen atoms in total. The SMILES string of the molecule is CC(C)OCC(=O)C(c1ccccc1)c1ccccc1. The van der Waals surface area contributed by atoms with Crippen LogP contribution in [-0.2, 0) is 9.53 Å². The van der Waals surface area contributed by atoms with Gasteiger partial charge in [0.2, 0.25) is 0 Å². The standard InChI is InChI=1S/C18H20O2/c1-14(2)20-13-17(19)18(15-9-5-3-6-10-15)16-11-7-4-8-12-16/h3-12,14,18H,13H2,1-2H3. The van der Waals surface area contributed by atoms with Gasteiger partial charge in [-0.15, -0.1) is 0 Å². The first kappa shape index (κ1) is 14.5. The highest BCUT2D eigenvalue weighted by molar-refractivity contribution is 5.90. The highest BCUT2D eigenvalue weighted by Gasteiger charge is 2.22. The molecule has 0 aliphatic rings. The Bertz CT molecular complexity index is 492. The summed E-state index contributed by atoms with van der Waals surface area (Å²) < 4.78 is 5.48. The minimum absolute atomic E-state index is 0.0612. The second-order valence-electron chi connectivity index (χ2n) is 5.08. The maximum Gasteiger partial charge on any atom is 0.170 e. The molecule has 0 aromatic heterocycles. The molecule has 0 aliphatic heterocycles. The lowest BCUT2D eigenvalue weighted by molar-refractivity contribution is -0.125. The smallest absolute Gasteiger partial charge is 0.170 e. The van der Waals surface area contributed by atoms with Gasteiger partial charge in [-0.25, -0.2) is 0 Å². The summed E-state index contributed by atoms with van der Waals surface area (Å²) in [5, 5.41) is 0. The lowest BCUT2D eigenvalue weighted by Gasteiger charge is -2.17. The average Bonchev–Trinajstić information content (AvgIpc) is 2.48. The first-order chi connectivity index (χ1) is 9.68. The molecule has 0 aliphatic carbocycles. The number of carbonyl (C=O) groups is 1. The van der Waals surface area contributed by atoms with Crippen LogP contribution in [0, 0.1) is 0 Å². The maximum atomic E-state index is 12.5. The summed E-state index contributed by atoms with van der Waals surface area (Å²) in [5.41, 5.74) is 2.02. The van der Waals surface area contributed by atoms with Crippen molar-refractivity contribution in [2.45, 2.75) is 25.9 Å². The molecule has 0 unspecified atom stereocenters. The van der Waals surface area contributed by atoms with Gasteiger partial charge < -0.3 is 4.74 Å². The Kier molecular flexibility index (Phi) is 5.08. The predicted molar refractivity (Wildman–Crippen MR) is 80.8 cm³/mol. The average molecular weight is 268 g/mol. The number of hydrogen-bond acceptors (Lipinski definition) is 2. The summed E-state index contributed by atoms with van der Waals surface area (Å²) in [5.74, 6) is -0.160. The molecule has 2 heteroatoms. The number of ketones is 1. The summed E-state index contributed by atoms with van der Waals surface area (Å²) in [6, 6.07) is 19.7. The fraction of sp³-hybridized carbons (Fsp3) is 0.278. The van der Waals surface area contributed by atoms with Crippen LogP contribution in [0.3, 0.4) is 0 Å². The van der Waals surface area contributed by atoms with E-state index in [9.17, 15) is 4.79 Å². The minimum Gasteiger partial charge on any atom is -0.371 e. The molecule has 0 bridgehead atoms. The van der Waals surface area contributed by atoms with Gasteiger partial charge in [0.05, 0.1) is 12.0 Å². The van der Waals surface area contributed by atoms with Gasteiger partial charge in [0.15, 0.2) is 5.78 Å². The van der Waals surface area contributed by atoms with Gasteiger partial charge in [-0.2, -0.15) is 0 Å². The number of rotatable bonds is 6. The van der Waals surface area contributed by atoms with Gasteiger partial charge in [0, 0.05) is 0 Å². The van der Waals surface area contributed by atoms with E-state index in [0.717, 1.165) is 11.1 Å². The van der Waals surface area contributed by atoms with Gasteiger partial charge in [0.1, 0.15) is 6.61 Å². The van der Waals surface area contributed by atoms with Crippen LogP contribution >= 0.6 is 0 Å². The first-order valence-corrected chi connectivity index (χ1v) is 6.92. The van der Waals surface area contributed by atoms with Gasteiger partial charge >= 0.3 is 0 Å². The highest BCUT2D eigenvalue weighted by Crippen LogP contribution is 2.25. The van der Waals surface area contributed by atoms with Crippen LogP contribution in [0.1, 0.15) is 30.9 Å². The van der Waals surface area contributed by atoms with Crippen LogP contribution in [0.5, 0.6) is 0 Å². The van der Waals surface area contributed by atoms with Crippen molar-refractivity contribution in [3.63, 3.8) is 0 Å². The van der Waals surface area contributed by atoms with E-state index in [2.05, 4.69) is 0 Å². The third-order valence-electron chi connectivity index (χ3n) is 3.15. The van der Waals surface area contributed by atoms with Gasteiger partial charge in [-0.3, -0.25) is 4.79 Å². The summed E-state index contributed by atoms with van der Waals surface area (Å²) >= 11 is 0. The van der Waals surface area contributed by atoms with Gasteiger partial charge in [-0.05, 0) is 25.0 Å². The molecule has 0 amide bonds. The van der Waals surface area contributed by atoms with Crippen molar-refractivity contribution in [3.05, 3.63) is 71.8 Å². The van der Waals surface area contributed by atoms with Crippen molar-refractivity contribution in [2.24, 2.45) is 0 Å². The summed E-state index contributed by atoms with van der Waals surface area (Å²) in [6.45, 7) is 4.02. The van der Waals surface area contributed by atoms with Crippen molar-refractivity contribution < 1.29 is 9.53 Å². The Morgan fingerprint density at radius 2 is 1.35 bits per heavy atom. The van der Waals surface area contributed by atoms with E-state index in [1.807, 2.05) is 74.5 Å². The second-order valence-corrected chi connectivity index (χ2v) is 5.08. The van der Waals surface area contributed by atoms with Crippen molar-refractivity contribution in [1.82, 2.24) is 0 Å². The Morgan fingerprint density at radius 1 is 0.900 bits per heavy atom. The van der Waals surface area contributed by atoms with Crippen LogP contribution in [0.2, 0.25) is 0 Å². The normalized spacial score (nSPS) is 11.0. The zero-order valence-electron chi connectivity index (χ0n) is 12.0. The number of benzene rings is 2. The van der Waals surface area contributed by atoms with Crippen LogP contribution in [0.4, 0.5) is 0 Å². The zero-order valence-corrected chi connectivity index (χ0v) is 12.0. The zero-order chi connectivity index (χ0) is 14.4. The molecule has 104 valence electrons. The quantitative estimate of drug-likeness (QED) is 0.796. The molecule has 0 N–H and O–H groups in total. The molecular weight excluding hydrogens is 248 g/mol. The Hall–Kier alpha value is -1.93. The van der Waals surface area contributed by atoms with E-state index in [-0.39, 0.29) is 24.4 Å². The molecule has 20 heavy (non-hydrogen) atoms. The molecule has 2 rings (SSSR count). The van der Waals surface area contributed by atoms with Crippen molar-refractivity contribution in [3.8, 4) is 0 Å². The highest BCUT2D eigenvalue weighted by atomic mass is 16.5. The molecule has 0 radical (unpaired) electrons. The molecule has 0 spiro atoms. The van der Waals surface area contributed by atoms with Crippen molar-refractivity contribution in [1.29, 1.82) is 0 Å². The third-order valence-corrected chi connectivity index (χ3v) is 3.15. The van der Waals surface area contributed by atoms with Gasteiger partial charge in [-0.1, -0.05) is 60.7 Å². The Labute approximate surface area is 120 Å². The van der Waals surface area contributed by atoms with E-state index < -0.39 is 0 Å². The fourth-order valence-electron chi connectivity index (χ4n) is 2.19. The topological polar surface area (TPSA) is 26.3 Å². The van der Waals surface area contributed by atoms with E-state index in [0.29, 0.717) is 0 Å². The summed E-state index contributed by atoms with van der Waals surface area (Å²) in [7, 11) is 0. The third kappa shape index (κ3) is 3.78. The number of hydrogen-bond donors (Lipinski definition) is 0. The van der Waals surface area contributed by atoms with E-state index >= 15 is 0 Å². The van der Waals surface area contributed by atoms with Gasteiger partial charge in [0.25, 0.3) is 0 Å². The lowest BCUT2D eigenvalue weighted by Crippen LogP contribution is -2.21. The Balaban J connectivity index is 2.28. The first-order valence-electron chi connectivity index (χ1n) is 6.92. The molecule has 2 aromatic rings. The fourth-order valence-corrected chi connectivity index (χ4v) is 2.19. The summed E-state index contributed by atoms with van der Waals surface area (Å²) in [6.07, 6.45) is 0.0612. The second kappa shape index (κ2) is 7.01. The summed E-state index contributed by atoms with van der Waals surface area (Å²) in [4.78, 5) is 12.5. The molecule has 0 heterocycles. The van der Waals surface area contributed by atoms with Crippen LogP contribution in [0.25, 0.3) is 0 Å². The van der Waals surface area contributed by atoms with Crippen LogP contribution < -0.4 is 0 Å². The number of Topliss-reactive ketones (excluding diaryl/α,β-unsaturated/α-hetero) is 1. The van der Waals surface area contributed by atoms with E-state index in [1.54, 1.807) is 0 Å². The van der Waals surface area contributed by atoms with Crippen LogP contribution in [-0.4, -0.2) is 18.5 Å². The van der Waals surface area contributed by atoms with Crippen LogP contribution in [0.15, 0.2) is 60.7 Å². The molecule has 0 saturated heterocycles. The van der Waals surface area contributed by atoms with Crippen molar-refractivity contribution >= 4 is 5.78 Å². The molecule has 0 atom stereocenters. The monoisotopic (exact) mass is 268 g/mol. The molecule has 0 saturated carbocycles. The van der Waals surface area contributed by atoms with E-state index in [4.69, 9.17) is 4.74 Å². The van der Waals surface area contributed by atoms with E-state index in [1.165, 1.54) is 0 Å². The lowest BCUT2D eigenvalue weighted by atomic mass is 9.88. The number of carbonyl (C=O) groups excluding carboxylic acids is 1. The molecular formula is C18H20O2. The molecule has 0 fully saturated rings. The largest absolute Gasteiger partial charge is 0.371 e. The predicted octanol–water partition coefficient (Wildman–Crippen LogP) is 3.81. The maximum absolute atomic E-state index is 12.5. The number of ether oxygens (including phenoxy) is 1.